The molecule has 96 valence electrons. The minimum atomic E-state index is 0.755. The van der Waals surface area contributed by atoms with E-state index in [2.05, 4.69) is 36.1 Å². The molecule has 0 radical (unpaired) electrons. The van der Waals surface area contributed by atoms with Crippen LogP contribution in [0.1, 0.15) is 32.6 Å². The molecule has 0 aliphatic carbocycles. The highest BCUT2D eigenvalue weighted by Gasteiger charge is 2.16. The molecule has 0 saturated carbocycles. The summed E-state index contributed by atoms with van der Waals surface area (Å²) in [6, 6.07) is 0.755. The van der Waals surface area contributed by atoms with Gasteiger partial charge >= 0.3 is 0 Å². The lowest BCUT2D eigenvalue weighted by Gasteiger charge is -2.25. The third-order valence-corrected chi connectivity index (χ3v) is 3.26. The highest BCUT2D eigenvalue weighted by Crippen LogP contribution is 2.07. The molecule has 1 aliphatic rings. The van der Waals surface area contributed by atoms with Crippen molar-refractivity contribution in [3.63, 3.8) is 0 Å². The molecule has 16 heavy (non-hydrogen) atoms. The maximum Gasteiger partial charge on any atom is 0.0195 e. The van der Waals surface area contributed by atoms with E-state index < -0.39 is 0 Å². The molecule has 1 N–H and O–H groups in total. The van der Waals surface area contributed by atoms with Crippen LogP contribution < -0.4 is 5.32 Å². The Hall–Kier alpha value is -0.120. The number of nitrogens with one attached hydrogen (secondary N) is 1. The third kappa shape index (κ3) is 5.83. The first-order valence-corrected chi connectivity index (χ1v) is 6.83. The average molecular weight is 227 g/mol. The van der Waals surface area contributed by atoms with E-state index >= 15 is 0 Å². The lowest BCUT2D eigenvalue weighted by molar-refractivity contribution is 0.235. The Labute approximate surface area is 101 Å². The van der Waals surface area contributed by atoms with Crippen LogP contribution in [0.3, 0.4) is 0 Å². The van der Waals surface area contributed by atoms with E-state index in [1.165, 1.54) is 58.4 Å². The second-order valence-electron chi connectivity index (χ2n) is 5.25. The van der Waals surface area contributed by atoms with E-state index in [-0.39, 0.29) is 0 Å². The largest absolute Gasteiger partial charge is 0.313 e. The van der Waals surface area contributed by atoms with Crippen molar-refractivity contribution >= 4 is 0 Å². The van der Waals surface area contributed by atoms with Gasteiger partial charge in [-0.3, -0.25) is 0 Å². The van der Waals surface area contributed by atoms with Gasteiger partial charge < -0.3 is 15.1 Å². The van der Waals surface area contributed by atoms with Crippen LogP contribution in [0.15, 0.2) is 0 Å². The number of hydrogen-bond donors (Lipinski definition) is 1. The second-order valence-corrected chi connectivity index (χ2v) is 5.25. The highest BCUT2D eigenvalue weighted by atomic mass is 15.2. The average Bonchev–Trinajstić information content (AvgIpc) is 2.70. The molecule has 1 rings (SSSR count). The van der Waals surface area contributed by atoms with Crippen LogP contribution >= 0.6 is 0 Å². The molecule has 1 unspecified atom stereocenters. The summed E-state index contributed by atoms with van der Waals surface area (Å²) in [5, 5.41) is 3.59. The van der Waals surface area contributed by atoms with Gasteiger partial charge in [-0.25, -0.2) is 0 Å². The SMILES string of the molecule is CCCN(CCCN(C)C)CC1CCCN1. The summed E-state index contributed by atoms with van der Waals surface area (Å²) in [5.74, 6) is 0. The van der Waals surface area contributed by atoms with Gasteiger partial charge in [0.05, 0.1) is 0 Å². The minimum absolute atomic E-state index is 0.755. The predicted octanol–water partition coefficient (Wildman–Crippen LogP) is 1.40. The van der Waals surface area contributed by atoms with E-state index in [0.717, 1.165) is 6.04 Å². The summed E-state index contributed by atoms with van der Waals surface area (Å²) >= 11 is 0. The van der Waals surface area contributed by atoms with E-state index in [4.69, 9.17) is 0 Å². The van der Waals surface area contributed by atoms with Crippen LogP contribution in [0.5, 0.6) is 0 Å². The van der Waals surface area contributed by atoms with Crippen molar-refractivity contribution in [1.82, 2.24) is 15.1 Å². The van der Waals surface area contributed by atoms with Gasteiger partial charge in [-0.15, -0.1) is 0 Å². The lowest BCUT2D eigenvalue weighted by Crippen LogP contribution is -2.39. The molecule has 0 aromatic heterocycles. The number of nitrogens with zero attached hydrogens (tertiary/aromatic N) is 2. The van der Waals surface area contributed by atoms with Crippen molar-refractivity contribution in [2.24, 2.45) is 0 Å². The fourth-order valence-corrected chi connectivity index (χ4v) is 2.45. The molecule has 0 spiro atoms. The summed E-state index contributed by atoms with van der Waals surface area (Å²) in [6.07, 6.45) is 5.30. The molecule has 1 fully saturated rings. The Bertz CT molecular complexity index is 165. The molecule has 3 heteroatoms. The molecule has 1 saturated heterocycles. The van der Waals surface area contributed by atoms with E-state index in [1.54, 1.807) is 0 Å². The van der Waals surface area contributed by atoms with E-state index in [0.29, 0.717) is 0 Å². The standard InChI is InChI=1S/C13H29N3/c1-4-9-16(11-6-10-15(2)3)12-13-7-5-8-14-13/h13-14H,4-12H2,1-3H3. The van der Waals surface area contributed by atoms with E-state index in [1.807, 2.05) is 0 Å². The highest BCUT2D eigenvalue weighted by molar-refractivity contribution is 4.77. The van der Waals surface area contributed by atoms with Gasteiger partial charge in [-0.2, -0.15) is 0 Å². The number of hydrogen-bond acceptors (Lipinski definition) is 3. The van der Waals surface area contributed by atoms with Gasteiger partial charge in [0, 0.05) is 12.6 Å². The van der Waals surface area contributed by atoms with E-state index in [9.17, 15) is 0 Å². The molecule has 1 atom stereocenters. The predicted molar refractivity (Wildman–Crippen MR) is 70.9 cm³/mol. The quantitative estimate of drug-likeness (QED) is 0.676. The number of rotatable bonds is 8. The lowest BCUT2D eigenvalue weighted by atomic mass is 10.2. The fourth-order valence-electron chi connectivity index (χ4n) is 2.45. The first-order valence-electron chi connectivity index (χ1n) is 6.83. The first-order chi connectivity index (χ1) is 7.72. The summed E-state index contributed by atoms with van der Waals surface area (Å²) in [4.78, 5) is 4.91. The van der Waals surface area contributed by atoms with Crippen LogP contribution in [0, 0.1) is 0 Å². The van der Waals surface area contributed by atoms with Crippen molar-refractivity contribution in [3.05, 3.63) is 0 Å². The summed E-state index contributed by atoms with van der Waals surface area (Å²) in [7, 11) is 4.31. The zero-order valence-electron chi connectivity index (χ0n) is 11.3. The minimum Gasteiger partial charge on any atom is -0.313 e. The Morgan fingerprint density at radius 3 is 2.56 bits per heavy atom. The second kappa shape index (κ2) is 8.04. The van der Waals surface area contributed by atoms with Crippen LogP contribution in [-0.2, 0) is 0 Å². The molecule has 1 aliphatic heterocycles. The molecular weight excluding hydrogens is 198 g/mol. The van der Waals surface area contributed by atoms with Gasteiger partial charge in [-0.1, -0.05) is 6.92 Å². The van der Waals surface area contributed by atoms with Gasteiger partial charge in [-0.05, 0) is 66.0 Å². The summed E-state index contributed by atoms with van der Waals surface area (Å²) < 4.78 is 0. The Morgan fingerprint density at radius 1 is 1.19 bits per heavy atom. The zero-order chi connectivity index (χ0) is 11.8. The van der Waals surface area contributed by atoms with Crippen molar-refractivity contribution in [1.29, 1.82) is 0 Å². The van der Waals surface area contributed by atoms with Crippen LogP contribution in [0.2, 0.25) is 0 Å². The summed E-state index contributed by atoms with van der Waals surface area (Å²) in [6.45, 7) is 8.47. The van der Waals surface area contributed by atoms with Crippen LogP contribution in [0.25, 0.3) is 0 Å². The molecule has 0 amide bonds. The van der Waals surface area contributed by atoms with Crippen molar-refractivity contribution in [3.8, 4) is 0 Å². The maximum atomic E-state index is 3.59. The molecule has 0 aromatic carbocycles. The molecule has 3 nitrogen and oxygen atoms in total. The van der Waals surface area contributed by atoms with Gasteiger partial charge in [0.1, 0.15) is 0 Å². The van der Waals surface area contributed by atoms with Crippen molar-refractivity contribution in [2.45, 2.75) is 38.6 Å². The normalized spacial score (nSPS) is 21.2. The molecule has 0 bridgehead atoms. The van der Waals surface area contributed by atoms with Crippen molar-refractivity contribution in [2.75, 3.05) is 46.8 Å². The van der Waals surface area contributed by atoms with Crippen LogP contribution in [-0.4, -0.2) is 62.7 Å². The Balaban J connectivity index is 2.17. The van der Waals surface area contributed by atoms with Crippen LogP contribution in [0.4, 0.5) is 0 Å². The van der Waals surface area contributed by atoms with Crippen molar-refractivity contribution < 1.29 is 0 Å². The smallest absolute Gasteiger partial charge is 0.0195 e. The maximum absolute atomic E-state index is 3.59. The Morgan fingerprint density at radius 2 is 2.00 bits per heavy atom. The van der Waals surface area contributed by atoms with Gasteiger partial charge in [0.25, 0.3) is 0 Å². The topological polar surface area (TPSA) is 18.5 Å². The zero-order valence-corrected chi connectivity index (χ0v) is 11.3. The fraction of sp³-hybridized carbons (Fsp3) is 1.00. The molecule has 1 heterocycles. The monoisotopic (exact) mass is 227 g/mol. The first kappa shape index (κ1) is 13.9. The molecular formula is C13H29N3. The van der Waals surface area contributed by atoms with Gasteiger partial charge in [0.2, 0.25) is 0 Å². The third-order valence-electron chi connectivity index (χ3n) is 3.26. The molecule has 0 aromatic rings. The summed E-state index contributed by atoms with van der Waals surface area (Å²) in [5.41, 5.74) is 0. The van der Waals surface area contributed by atoms with Gasteiger partial charge in [0.15, 0.2) is 0 Å². The Kier molecular flexibility index (Phi) is 7.01.